The van der Waals surface area contributed by atoms with E-state index < -0.39 is 0 Å². The molecule has 0 unspecified atom stereocenters. The molecule has 0 saturated heterocycles. The molecule has 0 amide bonds. The summed E-state index contributed by atoms with van der Waals surface area (Å²) < 4.78 is 0.731. The molecule has 0 aliphatic heterocycles. The highest BCUT2D eigenvalue weighted by Gasteiger charge is 2.08. The average molecular weight is 122 g/mol. The Morgan fingerprint density at radius 2 is 1.88 bits per heavy atom. The Morgan fingerprint density at radius 3 is 1.88 bits per heavy atom. The van der Waals surface area contributed by atoms with E-state index in [-0.39, 0.29) is 5.78 Å². The number of ketones is 1. The number of Topliss-reactive ketones (excluding diaryl/α,β-unsaturated/α-hetero) is 1. The average Bonchev–Trinajstić information content (AvgIpc) is 1.21. The molecule has 0 aromatic rings. The second-order valence-corrected chi connectivity index (χ2v) is 3.15. The monoisotopic (exact) mass is 122 g/mol. The van der Waals surface area contributed by atoms with Crippen molar-refractivity contribution in [2.75, 3.05) is 27.7 Å². The standard InChI is InChI=1S/C6H14NO/c1-6(8)5-7(2,3)4/h5H2,1-4H3/q+1/i2+2,3+2,4+2. The number of carbonyl (C=O) groups excluding carboxylic acids is 1. The van der Waals surface area contributed by atoms with Gasteiger partial charge in [-0.25, -0.2) is 0 Å². The minimum Gasteiger partial charge on any atom is -0.325 e. The number of likely N-dealkylation sites (N-methyl/N-ethyl adjacent to an activating group) is 1. The van der Waals surface area contributed by atoms with Gasteiger partial charge in [0.1, 0.15) is 6.54 Å². The van der Waals surface area contributed by atoms with E-state index in [2.05, 4.69) is 0 Å². The molecule has 0 fully saturated rings. The van der Waals surface area contributed by atoms with Crippen LogP contribution in [0.3, 0.4) is 0 Å². The molecule has 0 spiro atoms. The van der Waals surface area contributed by atoms with E-state index >= 15 is 0 Å². The van der Waals surface area contributed by atoms with Gasteiger partial charge >= 0.3 is 0 Å². The quantitative estimate of drug-likeness (QED) is 0.481. The summed E-state index contributed by atoms with van der Waals surface area (Å²) in [6.45, 7) is 2.24. The summed E-state index contributed by atoms with van der Waals surface area (Å²) in [5.74, 6) is 0.248. The Kier molecular flexibility index (Phi) is 2.16. The molecular formula is C6H14NO+. The van der Waals surface area contributed by atoms with Crippen molar-refractivity contribution >= 4 is 5.78 Å². The molecule has 0 aromatic carbocycles. The van der Waals surface area contributed by atoms with Crippen molar-refractivity contribution in [2.45, 2.75) is 6.92 Å². The zero-order valence-electron chi connectivity index (χ0n) is 6.06. The summed E-state index contributed by atoms with van der Waals surface area (Å²) in [6, 6.07) is 0. The van der Waals surface area contributed by atoms with Gasteiger partial charge in [0, 0.05) is 6.92 Å². The summed E-state index contributed by atoms with van der Waals surface area (Å²) in [5, 5.41) is 0. The summed E-state index contributed by atoms with van der Waals surface area (Å²) >= 11 is 0. The molecule has 0 aliphatic carbocycles. The van der Waals surface area contributed by atoms with Crippen molar-refractivity contribution in [3.63, 3.8) is 0 Å². The molecule has 48 valence electrons. The molecule has 0 rings (SSSR count). The Balaban J connectivity index is 3.55. The van der Waals surface area contributed by atoms with E-state index in [0.717, 1.165) is 4.48 Å². The number of hydrogen-bond donors (Lipinski definition) is 0. The number of rotatable bonds is 2. The van der Waals surface area contributed by atoms with E-state index in [1.165, 1.54) is 0 Å². The molecule has 0 N–H and O–H groups in total. The van der Waals surface area contributed by atoms with Gasteiger partial charge in [0.25, 0.3) is 0 Å². The molecule has 0 bridgehead atoms. The lowest BCUT2D eigenvalue weighted by Crippen LogP contribution is -2.38. The largest absolute Gasteiger partial charge is 0.325 e. The molecule has 0 saturated carbocycles. The van der Waals surface area contributed by atoms with Crippen LogP contribution in [0.4, 0.5) is 0 Å². The molecule has 0 aliphatic rings. The van der Waals surface area contributed by atoms with Gasteiger partial charge in [-0.3, -0.25) is 4.79 Å². The Morgan fingerprint density at radius 1 is 1.50 bits per heavy atom. The van der Waals surface area contributed by atoms with E-state index in [1.807, 2.05) is 21.1 Å². The SMILES string of the molecule is CC(=O)C[N+]([14CH3])([14CH3])[14CH3]. The third-order valence-electron chi connectivity index (χ3n) is 0.697. The number of hydrogen-bond acceptors (Lipinski definition) is 1. The van der Waals surface area contributed by atoms with Crippen LogP contribution in [0.5, 0.6) is 0 Å². The van der Waals surface area contributed by atoms with Gasteiger partial charge in [-0.05, 0) is 0 Å². The predicted octanol–water partition coefficient (Wildman–Crippen LogP) is 0.282. The van der Waals surface area contributed by atoms with Crippen LogP contribution in [0.25, 0.3) is 0 Å². The van der Waals surface area contributed by atoms with Gasteiger partial charge in [0.2, 0.25) is 0 Å². The smallest absolute Gasteiger partial charge is 0.183 e. The highest BCUT2D eigenvalue weighted by Crippen LogP contribution is 1.87. The van der Waals surface area contributed by atoms with Crippen molar-refractivity contribution in [1.29, 1.82) is 0 Å². The van der Waals surface area contributed by atoms with Gasteiger partial charge in [-0.2, -0.15) is 0 Å². The normalized spacial score (nSPS) is 11.5. The first-order valence-corrected chi connectivity index (χ1v) is 2.72. The van der Waals surface area contributed by atoms with Crippen LogP contribution < -0.4 is 0 Å². The van der Waals surface area contributed by atoms with Crippen LogP contribution >= 0.6 is 0 Å². The van der Waals surface area contributed by atoms with Crippen molar-refractivity contribution < 1.29 is 9.28 Å². The van der Waals surface area contributed by atoms with Gasteiger partial charge in [0.05, 0.1) is 21.1 Å². The van der Waals surface area contributed by atoms with Crippen molar-refractivity contribution in [2.24, 2.45) is 0 Å². The number of nitrogens with zero attached hydrogens (tertiary/aromatic N) is 1. The van der Waals surface area contributed by atoms with Crippen LogP contribution in [-0.4, -0.2) is 38.0 Å². The molecule has 0 radical (unpaired) electrons. The lowest BCUT2D eigenvalue weighted by atomic mass is 10.4. The van der Waals surface area contributed by atoms with Crippen molar-refractivity contribution in [1.82, 2.24) is 0 Å². The van der Waals surface area contributed by atoms with Crippen molar-refractivity contribution in [3.8, 4) is 0 Å². The minimum absolute atomic E-state index is 0.248. The summed E-state index contributed by atoms with van der Waals surface area (Å²) in [4.78, 5) is 10.4. The van der Waals surface area contributed by atoms with Crippen LogP contribution in [-0.2, 0) is 4.79 Å². The lowest BCUT2D eigenvalue weighted by Gasteiger charge is -2.21. The number of quaternary nitrogens is 1. The number of carbonyl (C=O) groups is 1. The summed E-state index contributed by atoms with van der Waals surface area (Å²) in [6.07, 6.45) is 0. The van der Waals surface area contributed by atoms with Gasteiger partial charge in [-0.1, -0.05) is 0 Å². The summed E-state index contributed by atoms with van der Waals surface area (Å²) in [5.41, 5.74) is 0. The molecule has 0 aromatic heterocycles. The second-order valence-electron chi connectivity index (χ2n) is 3.15. The molecule has 0 heterocycles. The van der Waals surface area contributed by atoms with E-state index in [9.17, 15) is 4.79 Å². The maximum atomic E-state index is 10.4. The molecule has 8 heavy (non-hydrogen) atoms. The highest BCUT2D eigenvalue weighted by atomic mass is 16.1. The van der Waals surface area contributed by atoms with E-state index in [0.29, 0.717) is 6.54 Å². The van der Waals surface area contributed by atoms with Crippen LogP contribution in [0.15, 0.2) is 0 Å². The molecule has 2 nitrogen and oxygen atoms in total. The highest BCUT2D eigenvalue weighted by molar-refractivity contribution is 5.76. The van der Waals surface area contributed by atoms with Gasteiger partial charge < -0.3 is 4.48 Å². The summed E-state index contributed by atoms with van der Waals surface area (Å²) in [7, 11) is 6.00. The molecular weight excluding hydrogens is 108 g/mol. The maximum Gasteiger partial charge on any atom is 0.183 e. The van der Waals surface area contributed by atoms with Crippen LogP contribution in [0, 0.1) is 0 Å². The van der Waals surface area contributed by atoms with Crippen LogP contribution in [0.2, 0.25) is 0 Å². The molecule has 2 heteroatoms. The van der Waals surface area contributed by atoms with Crippen molar-refractivity contribution in [3.05, 3.63) is 0 Å². The molecule has 0 atom stereocenters. The first kappa shape index (κ1) is 7.63. The Labute approximate surface area is 50.7 Å². The first-order valence-electron chi connectivity index (χ1n) is 2.72. The van der Waals surface area contributed by atoms with E-state index in [1.54, 1.807) is 6.92 Å². The first-order chi connectivity index (χ1) is 3.42. The van der Waals surface area contributed by atoms with Gasteiger partial charge in [-0.15, -0.1) is 0 Å². The fourth-order valence-electron chi connectivity index (χ4n) is 0.668. The Bertz CT molecular complexity index is 91.2. The maximum absolute atomic E-state index is 10.4. The fraction of sp³-hybridized carbons (Fsp3) is 0.833. The zero-order valence-corrected chi connectivity index (χ0v) is 6.06. The predicted molar refractivity (Wildman–Crippen MR) is 33.6 cm³/mol. The third-order valence-corrected chi connectivity index (χ3v) is 0.697. The van der Waals surface area contributed by atoms with Gasteiger partial charge in [0.15, 0.2) is 5.78 Å². The topological polar surface area (TPSA) is 17.1 Å². The van der Waals surface area contributed by atoms with E-state index in [4.69, 9.17) is 0 Å². The fourth-order valence-corrected chi connectivity index (χ4v) is 0.668. The minimum atomic E-state index is 0.248. The second kappa shape index (κ2) is 2.27. The Hall–Kier alpha value is -0.370. The third kappa shape index (κ3) is 5.63. The lowest BCUT2D eigenvalue weighted by molar-refractivity contribution is -0.862. The zero-order chi connectivity index (χ0) is 6.78. The van der Waals surface area contributed by atoms with Crippen LogP contribution in [0.1, 0.15) is 6.92 Å².